The summed E-state index contributed by atoms with van der Waals surface area (Å²) in [5.41, 5.74) is 3.06. The second kappa shape index (κ2) is 9.09. The number of aromatic nitrogens is 2. The molecule has 6 nitrogen and oxygen atoms in total. The highest BCUT2D eigenvalue weighted by Crippen LogP contribution is 2.41. The topological polar surface area (TPSA) is 76.0 Å². The van der Waals surface area contributed by atoms with Crippen LogP contribution >= 0.6 is 0 Å². The zero-order chi connectivity index (χ0) is 22.9. The highest BCUT2D eigenvalue weighted by Gasteiger charge is 2.33. The van der Waals surface area contributed by atoms with E-state index in [2.05, 4.69) is 15.0 Å². The average molecular weight is 461 g/mol. The minimum atomic E-state index is -3.85. The minimum absolute atomic E-state index is 0.0750. The first-order valence-corrected chi connectivity index (χ1v) is 11.9. The summed E-state index contributed by atoms with van der Waals surface area (Å²) in [6.07, 6.45) is 4.12. The third-order valence-electron chi connectivity index (χ3n) is 5.98. The number of benzene rings is 2. The summed E-state index contributed by atoms with van der Waals surface area (Å²) >= 11 is 0. The van der Waals surface area contributed by atoms with Crippen LogP contribution in [0.25, 0.3) is 0 Å². The fraction of sp³-hybridized carbons (Fsp3) is 0.348. The van der Waals surface area contributed by atoms with Crippen LogP contribution in [0.3, 0.4) is 0 Å². The first kappa shape index (κ1) is 22.6. The van der Waals surface area contributed by atoms with E-state index in [1.165, 1.54) is 35.3 Å². The van der Waals surface area contributed by atoms with Gasteiger partial charge in [0, 0.05) is 25.4 Å². The van der Waals surface area contributed by atoms with Crippen molar-refractivity contribution in [3.8, 4) is 0 Å². The van der Waals surface area contributed by atoms with Crippen LogP contribution < -0.4 is 10.0 Å². The Hall–Kier alpha value is -2.62. The normalized spacial score (nSPS) is 18.1. The van der Waals surface area contributed by atoms with Gasteiger partial charge in [-0.15, -0.1) is 0 Å². The van der Waals surface area contributed by atoms with Crippen molar-refractivity contribution in [2.45, 2.75) is 30.3 Å². The molecule has 1 aromatic heterocycles. The summed E-state index contributed by atoms with van der Waals surface area (Å²) in [5, 5.41) is 3.09. The number of nitrogens with zero attached hydrogens (tertiary/aromatic N) is 2. The number of fused-ring (bicyclic) bond motifs is 1. The number of sulfonamides is 1. The highest BCUT2D eigenvalue weighted by atomic mass is 32.2. The summed E-state index contributed by atoms with van der Waals surface area (Å²) in [6, 6.07) is 9.79. The van der Waals surface area contributed by atoms with Crippen molar-refractivity contribution >= 4 is 10.0 Å². The molecule has 9 heteroatoms. The maximum Gasteiger partial charge on any atom is 0.259 e. The number of imidazole rings is 1. The van der Waals surface area contributed by atoms with Crippen molar-refractivity contribution in [3.05, 3.63) is 82.8 Å². The second-order valence-electron chi connectivity index (χ2n) is 8.31. The van der Waals surface area contributed by atoms with Crippen LogP contribution in [0.4, 0.5) is 8.78 Å². The minimum Gasteiger partial charge on any atom is -0.339 e. The molecule has 0 aliphatic heterocycles. The Morgan fingerprint density at radius 1 is 1.22 bits per heavy atom. The van der Waals surface area contributed by atoms with E-state index in [0.717, 1.165) is 23.2 Å². The van der Waals surface area contributed by atoms with Crippen molar-refractivity contribution in [1.29, 1.82) is 0 Å². The van der Waals surface area contributed by atoms with Gasteiger partial charge in [-0.25, -0.2) is 26.9 Å². The molecule has 32 heavy (non-hydrogen) atoms. The fourth-order valence-corrected chi connectivity index (χ4v) is 5.44. The van der Waals surface area contributed by atoms with Crippen LogP contribution in [-0.2, 0) is 36.5 Å². The Balaban J connectivity index is 1.60. The lowest BCUT2D eigenvalue weighted by Crippen LogP contribution is -2.24. The summed E-state index contributed by atoms with van der Waals surface area (Å²) in [5.74, 6) is -0.416. The van der Waals surface area contributed by atoms with Crippen molar-refractivity contribution < 1.29 is 17.2 Å². The van der Waals surface area contributed by atoms with Gasteiger partial charge in [-0.3, -0.25) is 0 Å². The monoisotopic (exact) mass is 460 g/mol. The van der Waals surface area contributed by atoms with Gasteiger partial charge in [0.05, 0.1) is 6.33 Å². The molecule has 0 bridgehead atoms. The SMILES string of the molecule is CNCC1Cc2cc(F)c(CNS(=O)(=O)c3cn(C)cn3)cc2C1Cc1cccc(F)c1. The van der Waals surface area contributed by atoms with E-state index in [9.17, 15) is 17.2 Å². The molecule has 1 aliphatic carbocycles. The maximum absolute atomic E-state index is 14.8. The van der Waals surface area contributed by atoms with Gasteiger partial charge in [0.1, 0.15) is 11.6 Å². The summed E-state index contributed by atoms with van der Waals surface area (Å²) in [4.78, 5) is 3.86. The third-order valence-corrected chi connectivity index (χ3v) is 7.26. The van der Waals surface area contributed by atoms with Crippen LogP contribution in [0.2, 0.25) is 0 Å². The fourth-order valence-electron chi connectivity index (χ4n) is 4.46. The first-order chi connectivity index (χ1) is 15.3. The number of halogens is 2. The van der Waals surface area contributed by atoms with E-state index < -0.39 is 15.8 Å². The molecular formula is C23H26F2N4O2S. The molecule has 0 radical (unpaired) electrons. The number of rotatable bonds is 8. The molecule has 0 saturated heterocycles. The van der Waals surface area contributed by atoms with Gasteiger partial charge in [-0.2, -0.15) is 0 Å². The Bertz CT molecular complexity index is 1230. The van der Waals surface area contributed by atoms with Gasteiger partial charge < -0.3 is 9.88 Å². The third kappa shape index (κ3) is 4.74. The Kier molecular flexibility index (Phi) is 6.41. The van der Waals surface area contributed by atoms with E-state index in [1.807, 2.05) is 13.1 Å². The highest BCUT2D eigenvalue weighted by molar-refractivity contribution is 7.89. The van der Waals surface area contributed by atoms with Crippen molar-refractivity contribution in [2.75, 3.05) is 13.6 Å². The Morgan fingerprint density at radius 2 is 2.03 bits per heavy atom. The standard InChI is InChI=1S/C23H26F2N4O2S/c1-26-11-17-8-16-10-22(25)18(12-28-32(30,31)23-13-29(2)14-27-23)9-21(16)20(17)7-15-4-3-5-19(24)6-15/h3-6,9-10,13-14,17,20,26,28H,7-8,11-12H2,1-2H3. The van der Waals surface area contributed by atoms with Crippen LogP contribution in [0, 0.1) is 17.6 Å². The van der Waals surface area contributed by atoms with Gasteiger partial charge in [0.2, 0.25) is 0 Å². The average Bonchev–Trinajstić information content (AvgIpc) is 3.31. The molecule has 2 unspecified atom stereocenters. The van der Waals surface area contributed by atoms with Crippen LogP contribution in [0.1, 0.15) is 28.2 Å². The van der Waals surface area contributed by atoms with Crippen molar-refractivity contribution in [2.24, 2.45) is 13.0 Å². The molecule has 1 aliphatic rings. The first-order valence-electron chi connectivity index (χ1n) is 10.4. The number of hydrogen-bond acceptors (Lipinski definition) is 4. The van der Waals surface area contributed by atoms with Crippen molar-refractivity contribution in [3.63, 3.8) is 0 Å². The van der Waals surface area contributed by atoms with E-state index in [-0.39, 0.29) is 34.8 Å². The van der Waals surface area contributed by atoms with Crippen LogP contribution in [-0.4, -0.2) is 31.6 Å². The predicted octanol–water partition coefficient (Wildman–Crippen LogP) is 2.89. The largest absolute Gasteiger partial charge is 0.339 e. The van der Waals surface area contributed by atoms with Gasteiger partial charge >= 0.3 is 0 Å². The zero-order valence-corrected chi connectivity index (χ0v) is 18.8. The molecule has 1 heterocycles. The molecular weight excluding hydrogens is 434 g/mol. The molecule has 170 valence electrons. The lowest BCUT2D eigenvalue weighted by molar-refractivity contribution is 0.435. The van der Waals surface area contributed by atoms with Crippen molar-refractivity contribution in [1.82, 2.24) is 19.6 Å². The number of hydrogen-bond donors (Lipinski definition) is 2. The lowest BCUT2D eigenvalue weighted by Gasteiger charge is -2.21. The van der Waals surface area contributed by atoms with Gasteiger partial charge in [0.15, 0.2) is 5.03 Å². The van der Waals surface area contributed by atoms with Gasteiger partial charge in [-0.1, -0.05) is 18.2 Å². The molecule has 0 amide bonds. The molecule has 2 aromatic carbocycles. The summed E-state index contributed by atoms with van der Waals surface area (Å²) in [7, 11) is -0.306. The van der Waals surface area contributed by atoms with E-state index in [1.54, 1.807) is 19.2 Å². The molecule has 2 N–H and O–H groups in total. The lowest BCUT2D eigenvalue weighted by atomic mass is 9.86. The second-order valence-corrected chi connectivity index (χ2v) is 10.0. The quantitative estimate of drug-likeness (QED) is 0.542. The van der Waals surface area contributed by atoms with Gasteiger partial charge in [-0.05, 0) is 73.2 Å². The molecule has 2 atom stereocenters. The Labute approximate surface area is 186 Å². The van der Waals surface area contributed by atoms with E-state index in [0.29, 0.717) is 12.8 Å². The number of nitrogens with one attached hydrogen (secondary N) is 2. The molecule has 3 aromatic rings. The van der Waals surface area contributed by atoms with E-state index >= 15 is 0 Å². The molecule has 4 rings (SSSR count). The van der Waals surface area contributed by atoms with Gasteiger partial charge in [0.25, 0.3) is 10.0 Å². The van der Waals surface area contributed by atoms with Crippen LogP contribution in [0.15, 0.2) is 53.9 Å². The molecule has 0 saturated carbocycles. The number of aryl methyl sites for hydroxylation is 1. The zero-order valence-electron chi connectivity index (χ0n) is 18.0. The summed E-state index contributed by atoms with van der Waals surface area (Å²) < 4.78 is 57.5. The Morgan fingerprint density at radius 3 is 2.72 bits per heavy atom. The molecule has 0 spiro atoms. The smallest absolute Gasteiger partial charge is 0.259 e. The maximum atomic E-state index is 14.8. The van der Waals surface area contributed by atoms with Crippen LogP contribution in [0.5, 0.6) is 0 Å². The van der Waals surface area contributed by atoms with E-state index in [4.69, 9.17) is 0 Å². The predicted molar refractivity (Wildman–Crippen MR) is 118 cm³/mol. The molecule has 0 fully saturated rings. The summed E-state index contributed by atoms with van der Waals surface area (Å²) in [6.45, 7) is 0.569.